The van der Waals surface area contributed by atoms with Crippen molar-refractivity contribution in [2.24, 2.45) is 0 Å². The van der Waals surface area contributed by atoms with Gasteiger partial charge in [-0.05, 0) is 70.5 Å². The average Bonchev–Trinajstić information content (AvgIpc) is 3.29. The molecule has 1 N–H and O–H groups in total. The van der Waals surface area contributed by atoms with E-state index in [1.165, 1.54) is 7.11 Å². The first-order chi connectivity index (χ1) is 17.3. The molecule has 0 aliphatic rings. The zero-order valence-electron chi connectivity index (χ0n) is 20.3. The van der Waals surface area contributed by atoms with E-state index in [4.69, 9.17) is 18.9 Å². The van der Waals surface area contributed by atoms with Gasteiger partial charge in [-0.1, -0.05) is 12.7 Å². The molecule has 0 aliphatic carbocycles. The van der Waals surface area contributed by atoms with Gasteiger partial charge in [-0.3, -0.25) is 0 Å². The third-order valence-corrected chi connectivity index (χ3v) is 6.54. The zero-order chi connectivity index (χ0) is 26.2. The summed E-state index contributed by atoms with van der Waals surface area (Å²) in [6.07, 6.45) is 3.17. The van der Waals surface area contributed by atoms with Crippen molar-refractivity contribution in [1.82, 2.24) is 14.8 Å². The molecular weight excluding hydrogens is 550 g/mol. The highest BCUT2D eigenvalue weighted by Crippen LogP contribution is 2.39. The summed E-state index contributed by atoms with van der Waals surface area (Å²) in [5, 5.41) is 18.9. The first kappa shape index (κ1) is 27.2. The van der Waals surface area contributed by atoms with Gasteiger partial charge in [0.1, 0.15) is 23.0 Å². The standard InChI is InChI=1S/C25H26BrN3O6S/c1-6-8-35-22-19(26)9-15(10-20(22)34-5)11-21(24(30)31)36-25-28-27-23(29(25)7-2)16-12-17(32-3)14-18(13-16)33-4/h6,9-14H,1,7-8H2,2-5H3,(H,30,31)/b21-11-. The molecule has 0 atom stereocenters. The van der Waals surface area contributed by atoms with Gasteiger partial charge in [0.05, 0.1) is 25.8 Å². The molecule has 2 aromatic carbocycles. The molecule has 0 saturated heterocycles. The Morgan fingerprint density at radius 1 is 1.11 bits per heavy atom. The van der Waals surface area contributed by atoms with Crippen molar-refractivity contribution in [1.29, 1.82) is 0 Å². The molecule has 0 spiro atoms. The molecule has 9 nitrogen and oxygen atoms in total. The number of hydrogen-bond donors (Lipinski definition) is 1. The van der Waals surface area contributed by atoms with Crippen molar-refractivity contribution in [3.8, 4) is 34.4 Å². The lowest BCUT2D eigenvalue weighted by Gasteiger charge is -2.13. The van der Waals surface area contributed by atoms with Gasteiger partial charge in [-0.2, -0.15) is 0 Å². The Bertz CT molecular complexity index is 1270. The molecular formula is C25H26BrN3O6S. The Hall–Kier alpha value is -3.44. The molecule has 3 rings (SSSR count). The number of aliphatic carboxylic acids is 1. The number of hydrogen-bond acceptors (Lipinski definition) is 8. The highest BCUT2D eigenvalue weighted by Gasteiger charge is 2.20. The van der Waals surface area contributed by atoms with E-state index >= 15 is 0 Å². The van der Waals surface area contributed by atoms with E-state index in [9.17, 15) is 9.90 Å². The first-order valence-electron chi connectivity index (χ1n) is 10.8. The Morgan fingerprint density at radius 2 is 1.81 bits per heavy atom. The van der Waals surface area contributed by atoms with Crippen molar-refractivity contribution in [2.45, 2.75) is 18.6 Å². The topological polar surface area (TPSA) is 105 Å². The summed E-state index contributed by atoms with van der Waals surface area (Å²) in [5.74, 6) is 1.64. The van der Waals surface area contributed by atoms with Gasteiger partial charge in [0.25, 0.3) is 0 Å². The van der Waals surface area contributed by atoms with Gasteiger partial charge in [0, 0.05) is 18.2 Å². The lowest BCUT2D eigenvalue weighted by atomic mass is 10.2. The van der Waals surface area contributed by atoms with E-state index in [2.05, 4.69) is 32.7 Å². The summed E-state index contributed by atoms with van der Waals surface area (Å²) in [6, 6.07) is 8.85. The third-order valence-electron chi connectivity index (χ3n) is 4.95. The molecule has 0 amide bonds. The second kappa shape index (κ2) is 12.5. The van der Waals surface area contributed by atoms with Gasteiger partial charge >= 0.3 is 5.97 Å². The molecule has 1 aromatic heterocycles. The molecule has 0 aliphatic heterocycles. The number of rotatable bonds is 12. The van der Waals surface area contributed by atoms with Crippen molar-refractivity contribution < 1.29 is 28.8 Å². The van der Waals surface area contributed by atoms with Gasteiger partial charge in [0.15, 0.2) is 22.5 Å². The molecule has 1 heterocycles. The monoisotopic (exact) mass is 575 g/mol. The molecule has 0 saturated carbocycles. The fourth-order valence-corrected chi connectivity index (χ4v) is 4.75. The maximum atomic E-state index is 12.1. The second-order valence-corrected chi connectivity index (χ2v) is 9.06. The van der Waals surface area contributed by atoms with E-state index in [1.54, 1.807) is 44.6 Å². The number of methoxy groups -OCH3 is 3. The minimum Gasteiger partial charge on any atom is -0.497 e. The fourth-order valence-electron chi connectivity index (χ4n) is 3.29. The van der Waals surface area contributed by atoms with Crippen LogP contribution in [0.4, 0.5) is 0 Å². The number of aromatic nitrogens is 3. The number of carboxylic acid groups (broad SMARTS) is 1. The molecule has 190 valence electrons. The predicted molar refractivity (Wildman–Crippen MR) is 142 cm³/mol. The highest BCUT2D eigenvalue weighted by atomic mass is 79.9. The van der Waals surface area contributed by atoms with Crippen LogP contribution in [0.3, 0.4) is 0 Å². The van der Waals surface area contributed by atoms with Crippen LogP contribution in [-0.4, -0.2) is 53.8 Å². The lowest BCUT2D eigenvalue weighted by Crippen LogP contribution is -2.03. The average molecular weight is 576 g/mol. The van der Waals surface area contributed by atoms with Crippen LogP contribution >= 0.6 is 27.7 Å². The summed E-state index contributed by atoms with van der Waals surface area (Å²) in [6.45, 7) is 6.40. The molecule has 36 heavy (non-hydrogen) atoms. The molecule has 0 radical (unpaired) electrons. The zero-order valence-corrected chi connectivity index (χ0v) is 22.7. The van der Waals surface area contributed by atoms with E-state index in [0.29, 0.717) is 57.2 Å². The number of benzene rings is 2. The normalized spacial score (nSPS) is 11.2. The van der Waals surface area contributed by atoms with Crippen molar-refractivity contribution in [2.75, 3.05) is 27.9 Å². The maximum Gasteiger partial charge on any atom is 0.342 e. The maximum absolute atomic E-state index is 12.1. The van der Waals surface area contributed by atoms with Crippen LogP contribution in [0.2, 0.25) is 0 Å². The van der Waals surface area contributed by atoms with Crippen LogP contribution in [0, 0.1) is 0 Å². The Labute approximate surface area is 221 Å². The van der Waals surface area contributed by atoms with Crippen molar-refractivity contribution >= 4 is 39.7 Å². The van der Waals surface area contributed by atoms with E-state index in [1.807, 2.05) is 23.6 Å². The molecule has 0 fully saturated rings. The van der Waals surface area contributed by atoms with Gasteiger partial charge in [0.2, 0.25) is 0 Å². The summed E-state index contributed by atoms with van der Waals surface area (Å²) in [7, 11) is 4.65. The first-order valence-corrected chi connectivity index (χ1v) is 12.4. The predicted octanol–water partition coefficient (Wildman–Crippen LogP) is 5.54. The highest BCUT2D eigenvalue weighted by molar-refractivity contribution is 9.10. The molecule has 0 bridgehead atoms. The van der Waals surface area contributed by atoms with Crippen LogP contribution in [0.25, 0.3) is 17.5 Å². The third kappa shape index (κ3) is 6.21. The van der Waals surface area contributed by atoms with E-state index in [0.717, 1.165) is 17.3 Å². The Morgan fingerprint density at radius 3 is 2.36 bits per heavy atom. The van der Waals surface area contributed by atoms with Crippen molar-refractivity contribution in [3.63, 3.8) is 0 Å². The van der Waals surface area contributed by atoms with E-state index in [-0.39, 0.29) is 4.91 Å². The number of carboxylic acids is 1. The van der Waals surface area contributed by atoms with Gasteiger partial charge < -0.3 is 28.6 Å². The summed E-state index contributed by atoms with van der Waals surface area (Å²) >= 11 is 4.47. The SMILES string of the molecule is C=CCOc1c(Br)cc(/C=C(\Sc2nnc(-c3cc(OC)cc(OC)c3)n2CC)C(=O)O)cc1OC. The minimum absolute atomic E-state index is 0.0561. The largest absolute Gasteiger partial charge is 0.497 e. The summed E-state index contributed by atoms with van der Waals surface area (Å²) in [5.41, 5.74) is 1.34. The number of thioether (sulfide) groups is 1. The van der Waals surface area contributed by atoms with E-state index < -0.39 is 5.97 Å². The lowest BCUT2D eigenvalue weighted by molar-refractivity contribution is -0.131. The van der Waals surface area contributed by atoms with Crippen molar-refractivity contribution in [3.05, 3.63) is 57.9 Å². The number of nitrogens with zero attached hydrogens (tertiary/aromatic N) is 3. The number of carbonyl (C=O) groups is 1. The van der Waals surface area contributed by atoms with Crippen LogP contribution in [0.5, 0.6) is 23.0 Å². The molecule has 3 aromatic rings. The minimum atomic E-state index is -1.10. The Kier molecular flexibility index (Phi) is 9.43. The molecule has 11 heteroatoms. The quantitative estimate of drug-likeness (QED) is 0.169. The van der Waals surface area contributed by atoms with Gasteiger partial charge in [-0.25, -0.2) is 4.79 Å². The summed E-state index contributed by atoms with van der Waals surface area (Å²) < 4.78 is 24.3. The number of ether oxygens (including phenoxy) is 4. The fraction of sp³-hybridized carbons (Fsp3) is 0.240. The van der Waals surface area contributed by atoms with Crippen LogP contribution in [-0.2, 0) is 11.3 Å². The van der Waals surface area contributed by atoms with Crippen LogP contribution in [0.1, 0.15) is 12.5 Å². The van der Waals surface area contributed by atoms with Crippen LogP contribution in [0.15, 0.2) is 57.5 Å². The summed E-state index contributed by atoms with van der Waals surface area (Å²) in [4.78, 5) is 12.2. The van der Waals surface area contributed by atoms with Crippen LogP contribution < -0.4 is 18.9 Å². The second-order valence-electron chi connectivity index (χ2n) is 7.20. The Balaban J connectivity index is 2.00. The molecule has 0 unspecified atom stereocenters. The smallest absolute Gasteiger partial charge is 0.342 e. The number of halogens is 1. The van der Waals surface area contributed by atoms with Gasteiger partial charge in [-0.15, -0.1) is 10.2 Å².